The van der Waals surface area contributed by atoms with Gasteiger partial charge in [0.2, 0.25) is 0 Å². The molecule has 4 atom stereocenters. The van der Waals surface area contributed by atoms with Gasteiger partial charge in [-0.05, 0) is 76.2 Å². The molecule has 1 unspecified atom stereocenters. The Bertz CT molecular complexity index is 830. The van der Waals surface area contributed by atoms with Crippen LogP contribution in [0.1, 0.15) is 62.4 Å². The molecule has 2 aromatic heterocycles. The molecule has 3 saturated heterocycles. The van der Waals surface area contributed by atoms with E-state index in [-0.39, 0.29) is 0 Å². The Morgan fingerprint density at radius 1 is 1.13 bits per heavy atom. The van der Waals surface area contributed by atoms with Gasteiger partial charge >= 0.3 is 0 Å². The van der Waals surface area contributed by atoms with E-state index in [1.165, 1.54) is 70.3 Å². The van der Waals surface area contributed by atoms with Crippen molar-refractivity contribution in [2.75, 3.05) is 33.2 Å². The number of hydrogen-bond donors (Lipinski definition) is 0. The average Bonchev–Trinajstić information content (AvgIpc) is 3.29. The van der Waals surface area contributed by atoms with E-state index >= 15 is 0 Å². The third-order valence-corrected chi connectivity index (χ3v) is 7.71. The molecule has 1 aliphatic carbocycles. The molecule has 0 amide bonds. The van der Waals surface area contributed by atoms with Crippen molar-refractivity contribution in [2.24, 2.45) is 11.8 Å². The predicted molar refractivity (Wildman–Crippen MR) is 119 cm³/mol. The third-order valence-electron chi connectivity index (χ3n) is 7.71. The minimum atomic E-state index is 0.522. The minimum Gasteiger partial charge on any atom is -0.463 e. The zero-order valence-electron chi connectivity index (χ0n) is 18.6. The number of piperidine rings is 3. The summed E-state index contributed by atoms with van der Waals surface area (Å²) in [7, 11) is 2.35. The highest BCUT2D eigenvalue weighted by atomic mass is 16.3. The van der Waals surface area contributed by atoms with Crippen LogP contribution in [0.3, 0.4) is 0 Å². The first kappa shape index (κ1) is 20.2. The van der Waals surface area contributed by atoms with E-state index in [9.17, 15) is 0 Å². The first-order valence-electron chi connectivity index (χ1n) is 12.0. The van der Waals surface area contributed by atoms with Crippen molar-refractivity contribution in [1.82, 2.24) is 19.8 Å². The quantitative estimate of drug-likeness (QED) is 0.691. The summed E-state index contributed by atoms with van der Waals surface area (Å²) in [4.78, 5) is 14.8. The van der Waals surface area contributed by atoms with Gasteiger partial charge in [-0.3, -0.25) is 4.90 Å². The Balaban J connectivity index is 1.24. The second-order valence-corrected chi connectivity index (χ2v) is 9.97. The van der Waals surface area contributed by atoms with Gasteiger partial charge < -0.3 is 9.32 Å². The molecule has 2 bridgehead atoms. The summed E-state index contributed by atoms with van der Waals surface area (Å²) in [5, 5.41) is 0. The van der Waals surface area contributed by atoms with Crippen LogP contribution in [0.5, 0.6) is 0 Å². The SMILES string of the molecule is Cc1nc(-c2ccco2)cc([C@H]2CN3CC[C@H]2C[C@@H]3CN(C)CC2CCCCC2)n1. The van der Waals surface area contributed by atoms with E-state index < -0.39 is 0 Å². The standard InChI is InChI=1S/C25H36N4O/c1-18-26-23(14-24(27-18)25-9-6-12-30-25)22-17-29-11-10-20(22)13-21(29)16-28(2)15-19-7-4-3-5-8-19/h6,9,12,14,19-22H,3-5,7-8,10-11,13,15-17H2,1-2H3/t20-,21+,22-/m0/s1. The van der Waals surface area contributed by atoms with Crippen molar-refractivity contribution >= 4 is 0 Å². The fourth-order valence-corrected chi connectivity index (χ4v) is 6.24. The Hall–Kier alpha value is -1.72. The first-order chi connectivity index (χ1) is 14.7. The average molecular weight is 409 g/mol. The van der Waals surface area contributed by atoms with Gasteiger partial charge in [0, 0.05) is 37.3 Å². The maximum Gasteiger partial charge on any atom is 0.152 e. The molecular weight excluding hydrogens is 372 g/mol. The number of likely N-dealkylation sites (N-methyl/N-ethyl adjacent to an activating group) is 1. The van der Waals surface area contributed by atoms with Gasteiger partial charge in [0.05, 0.1) is 6.26 Å². The topological polar surface area (TPSA) is 45.4 Å². The highest BCUT2D eigenvalue weighted by Crippen LogP contribution is 2.42. The molecule has 4 aliphatic rings. The minimum absolute atomic E-state index is 0.522. The monoisotopic (exact) mass is 408 g/mol. The van der Waals surface area contributed by atoms with Gasteiger partial charge in [0.1, 0.15) is 11.5 Å². The molecule has 5 heteroatoms. The number of nitrogens with zero attached hydrogens (tertiary/aromatic N) is 4. The Kier molecular flexibility index (Phi) is 5.92. The van der Waals surface area contributed by atoms with Crippen molar-refractivity contribution in [1.29, 1.82) is 0 Å². The molecule has 1 saturated carbocycles. The van der Waals surface area contributed by atoms with Crippen molar-refractivity contribution in [2.45, 2.75) is 63.8 Å². The molecule has 0 spiro atoms. The molecule has 5 heterocycles. The van der Waals surface area contributed by atoms with Crippen molar-refractivity contribution in [3.8, 4) is 11.5 Å². The number of rotatable bonds is 6. The molecule has 162 valence electrons. The highest BCUT2D eigenvalue weighted by molar-refractivity contribution is 5.52. The summed E-state index contributed by atoms with van der Waals surface area (Å²) in [5.74, 6) is 3.87. The lowest BCUT2D eigenvalue weighted by atomic mass is 9.74. The summed E-state index contributed by atoms with van der Waals surface area (Å²) in [6.07, 6.45) is 11.5. The molecule has 4 fully saturated rings. The number of furan rings is 1. The molecular formula is C25H36N4O. The van der Waals surface area contributed by atoms with E-state index in [1.807, 2.05) is 19.1 Å². The summed E-state index contributed by atoms with van der Waals surface area (Å²) in [5.41, 5.74) is 2.13. The van der Waals surface area contributed by atoms with Gasteiger partial charge in [0.25, 0.3) is 0 Å². The number of aromatic nitrogens is 2. The summed E-state index contributed by atoms with van der Waals surface area (Å²) in [6.45, 7) is 6.90. The van der Waals surface area contributed by atoms with Crippen LogP contribution in [0.2, 0.25) is 0 Å². The Morgan fingerprint density at radius 2 is 2.00 bits per heavy atom. The highest BCUT2D eigenvalue weighted by Gasteiger charge is 2.41. The van der Waals surface area contributed by atoms with E-state index in [2.05, 4.69) is 27.9 Å². The summed E-state index contributed by atoms with van der Waals surface area (Å²) in [6, 6.07) is 6.79. The van der Waals surface area contributed by atoms with Crippen LogP contribution in [-0.4, -0.2) is 59.0 Å². The Labute approximate surface area is 180 Å². The van der Waals surface area contributed by atoms with Gasteiger partial charge in [-0.15, -0.1) is 0 Å². The lowest BCUT2D eigenvalue weighted by Crippen LogP contribution is -2.56. The van der Waals surface area contributed by atoms with Gasteiger partial charge in [-0.2, -0.15) is 0 Å². The zero-order valence-corrected chi connectivity index (χ0v) is 18.6. The van der Waals surface area contributed by atoms with Crippen LogP contribution < -0.4 is 0 Å². The predicted octanol–water partition coefficient (Wildman–Crippen LogP) is 4.73. The number of fused-ring (bicyclic) bond motifs is 3. The van der Waals surface area contributed by atoms with Crippen molar-refractivity contribution in [3.63, 3.8) is 0 Å². The van der Waals surface area contributed by atoms with Crippen molar-refractivity contribution in [3.05, 3.63) is 36.0 Å². The van der Waals surface area contributed by atoms with E-state index in [0.717, 1.165) is 35.7 Å². The Morgan fingerprint density at radius 3 is 2.73 bits per heavy atom. The molecule has 0 radical (unpaired) electrons. The molecule has 30 heavy (non-hydrogen) atoms. The lowest BCUT2D eigenvalue weighted by Gasteiger charge is -2.50. The normalized spacial score (nSPS) is 29.6. The summed E-state index contributed by atoms with van der Waals surface area (Å²) < 4.78 is 5.60. The van der Waals surface area contributed by atoms with E-state index in [4.69, 9.17) is 9.40 Å². The zero-order chi connectivity index (χ0) is 20.5. The van der Waals surface area contributed by atoms with Crippen LogP contribution >= 0.6 is 0 Å². The fourth-order valence-electron chi connectivity index (χ4n) is 6.24. The lowest BCUT2D eigenvalue weighted by molar-refractivity contribution is 0.0122. The molecule has 5 nitrogen and oxygen atoms in total. The second kappa shape index (κ2) is 8.80. The summed E-state index contributed by atoms with van der Waals surface area (Å²) >= 11 is 0. The van der Waals surface area contributed by atoms with Gasteiger partial charge in [-0.25, -0.2) is 9.97 Å². The molecule has 0 aromatic carbocycles. The maximum atomic E-state index is 5.60. The smallest absolute Gasteiger partial charge is 0.152 e. The molecule has 3 aliphatic heterocycles. The van der Waals surface area contributed by atoms with E-state index in [0.29, 0.717) is 12.0 Å². The van der Waals surface area contributed by atoms with Gasteiger partial charge in [0.15, 0.2) is 5.76 Å². The number of hydrogen-bond acceptors (Lipinski definition) is 5. The van der Waals surface area contributed by atoms with Crippen LogP contribution in [-0.2, 0) is 0 Å². The second-order valence-electron chi connectivity index (χ2n) is 9.97. The van der Waals surface area contributed by atoms with Crippen molar-refractivity contribution < 1.29 is 4.42 Å². The molecule has 2 aromatic rings. The van der Waals surface area contributed by atoms with Gasteiger partial charge in [-0.1, -0.05) is 19.3 Å². The largest absolute Gasteiger partial charge is 0.463 e. The maximum absolute atomic E-state index is 5.60. The third kappa shape index (κ3) is 4.33. The molecule has 6 rings (SSSR count). The van der Waals surface area contributed by atoms with Crippen LogP contribution in [0.15, 0.2) is 28.9 Å². The van der Waals surface area contributed by atoms with Crippen LogP contribution in [0.4, 0.5) is 0 Å². The van der Waals surface area contributed by atoms with E-state index in [1.54, 1.807) is 6.26 Å². The fraction of sp³-hybridized carbons (Fsp3) is 0.680. The molecule has 0 N–H and O–H groups in total. The number of aryl methyl sites for hydroxylation is 1. The van der Waals surface area contributed by atoms with Crippen LogP contribution in [0, 0.1) is 18.8 Å². The first-order valence-corrected chi connectivity index (χ1v) is 12.0. The van der Waals surface area contributed by atoms with Crippen LogP contribution in [0.25, 0.3) is 11.5 Å².